The van der Waals surface area contributed by atoms with Gasteiger partial charge in [0.05, 0.1) is 13.2 Å². The second kappa shape index (κ2) is 7.73. The molecular formula is C16H23NO3S. The van der Waals surface area contributed by atoms with E-state index in [1.165, 1.54) is 24.2 Å². The number of nitrogens with one attached hydrogen (secondary N) is 1. The molecule has 1 amide bonds. The summed E-state index contributed by atoms with van der Waals surface area (Å²) in [6, 6.07) is 1.89. The summed E-state index contributed by atoms with van der Waals surface area (Å²) in [5.41, 5.74) is 0.996. The molecule has 0 unspecified atom stereocenters. The minimum Gasteiger partial charge on any atom is -0.392 e. The summed E-state index contributed by atoms with van der Waals surface area (Å²) in [6.07, 6.45) is 8.02. The first-order valence-corrected chi connectivity index (χ1v) is 8.18. The van der Waals surface area contributed by atoms with Crippen molar-refractivity contribution in [1.29, 1.82) is 0 Å². The molecule has 1 aromatic rings. The molecule has 1 aliphatic rings. The molecule has 1 aromatic heterocycles. The Labute approximate surface area is 129 Å². The third kappa shape index (κ3) is 4.66. The van der Waals surface area contributed by atoms with Crippen molar-refractivity contribution in [2.24, 2.45) is 5.41 Å². The predicted octanol–water partition coefficient (Wildman–Crippen LogP) is 2.58. The van der Waals surface area contributed by atoms with Gasteiger partial charge in [-0.05, 0) is 35.9 Å². The van der Waals surface area contributed by atoms with Gasteiger partial charge in [0.25, 0.3) is 0 Å². The van der Waals surface area contributed by atoms with Crippen molar-refractivity contribution in [3.63, 3.8) is 0 Å². The molecule has 0 saturated heterocycles. The molecule has 0 radical (unpaired) electrons. The zero-order chi connectivity index (χ0) is 15.1. The van der Waals surface area contributed by atoms with Crippen molar-refractivity contribution in [3.05, 3.63) is 28.0 Å². The average Bonchev–Trinajstić information content (AvgIpc) is 3.13. The van der Waals surface area contributed by atoms with E-state index in [0.717, 1.165) is 23.3 Å². The van der Waals surface area contributed by atoms with Crippen LogP contribution >= 0.6 is 11.3 Å². The van der Waals surface area contributed by atoms with E-state index < -0.39 is 0 Å². The average molecular weight is 309 g/mol. The van der Waals surface area contributed by atoms with Crippen molar-refractivity contribution in [3.8, 4) is 0 Å². The molecule has 0 atom stereocenters. The summed E-state index contributed by atoms with van der Waals surface area (Å²) in [7, 11) is 1.72. The lowest BCUT2D eigenvalue weighted by atomic mass is 9.87. The van der Waals surface area contributed by atoms with Crippen LogP contribution in [0.25, 0.3) is 6.08 Å². The van der Waals surface area contributed by atoms with E-state index in [0.29, 0.717) is 13.2 Å². The highest BCUT2D eigenvalue weighted by Crippen LogP contribution is 2.37. The topological polar surface area (TPSA) is 58.6 Å². The first kappa shape index (κ1) is 16.2. The number of carbonyl (C=O) groups is 1. The molecule has 0 aliphatic heterocycles. The third-order valence-electron chi connectivity index (χ3n) is 4.01. The fraction of sp³-hybridized carbons (Fsp3) is 0.562. The van der Waals surface area contributed by atoms with E-state index in [4.69, 9.17) is 9.84 Å². The Hall–Kier alpha value is -1.17. The van der Waals surface area contributed by atoms with Crippen molar-refractivity contribution >= 4 is 23.3 Å². The molecule has 116 valence electrons. The SMILES string of the molecule is COCC1(CNC(=O)/C=C/c2cc(CO)cs2)CCCC1. The predicted molar refractivity (Wildman–Crippen MR) is 85.1 cm³/mol. The van der Waals surface area contributed by atoms with Crippen LogP contribution in [0.3, 0.4) is 0 Å². The zero-order valence-electron chi connectivity index (χ0n) is 12.4. The Morgan fingerprint density at radius 3 is 2.90 bits per heavy atom. The maximum absolute atomic E-state index is 11.9. The van der Waals surface area contributed by atoms with Crippen LogP contribution in [-0.4, -0.2) is 31.3 Å². The number of rotatable bonds is 7. The van der Waals surface area contributed by atoms with Crippen LogP contribution in [0.4, 0.5) is 0 Å². The fourth-order valence-electron chi connectivity index (χ4n) is 2.86. The summed E-state index contributed by atoms with van der Waals surface area (Å²) >= 11 is 1.52. The summed E-state index contributed by atoms with van der Waals surface area (Å²) in [6.45, 7) is 1.42. The third-order valence-corrected chi connectivity index (χ3v) is 4.95. The number of aliphatic hydroxyl groups excluding tert-OH is 1. The normalized spacial score (nSPS) is 17.4. The number of amides is 1. The van der Waals surface area contributed by atoms with Crippen molar-refractivity contribution < 1.29 is 14.6 Å². The number of aliphatic hydroxyl groups is 1. The number of thiophene rings is 1. The van der Waals surface area contributed by atoms with Crippen LogP contribution in [0.15, 0.2) is 17.5 Å². The van der Waals surface area contributed by atoms with E-state index >= 15 is 0 Å². The van der Waals surface area contributed by atoms with Gasteiger partial charge in [-0.2, -0.15) is 0 Å². The Morgan fingerprint density at radius 2 is 2.29 bits per heavy atom. The zero-order valence-corrected chi connectivity index (χ0v) is 13.2. The van der Waals surface area contributed by atoms with Crippen LogP contribution in [0, 0.1) is 5.41 Å². The lowest BCUT2D eigenvalue weighted by molar-refractivity contribution is -0.117. The van der Waals surface area contributed by atoms with E-state index in [2.05, 4.69) is 5.32 Å². The van der Waals surface area contributed by atoms with Gasteiger partial charge in [-0.25, -0.2) is 0 Å². The maximum Gasteiger partial charge on any atom is 0.244 e. The molecule has 0 bridgehead atoms. The second-order valence-corrected chi connectivity index (χ2v) is 6.65. The number of methoxy groups -OCH3 is 1. The molecule has 1 fully saturated rings. The molecule has 5 heteroatoms. The first-order chi connectivity index (χ1) is 10.2. The standard InChI is InChI=1S/C16H23NO3S/c1-20-12-16(6-2-3-7-16)11-17-15(19)5-4-14-8-13(9-18)10-21-14/h4-5,8,10,18H,2-3,6-7,9,11-12H2,1H3,(H,17,19)/b5-4+. The molecule has 4 nitrogen and oxygen atoms in total. The molecule has 21 heavy (non-hydrogen) atoms. The van der Waals surface area contributed by atoms with Crippen molar-refractivity contribution in [2.75, 3.05) is 20.3 Å². The highest BCUT2D eigenvalue weighted by atomic mass is 32.1. The molecule has 2 rings (SSSR count). The Morgan fingerprint density at radius 1 is 1.52 bits per heavy atom. The second-order valence-electron chi connectivity index (χ2n) is 5.71. The number of carbonyl (C=O) groups excluding carboxylic acids is 1. The van der Waals surface area contributed by atoms with Gasteiger partial charge in [-0.1, -0.05) is 12.8 Å². The minimum atomic E-state index is -0.0728. The Bertz CT molecular complexity index is 489. The van der Waals surface area contributed by atoms with E-state index in [1.54, 1.807) is 19.3 Å². The molecule has 1 heterocycles. The quantitative estimate of drug-likeness (QED) is 0.761. The van der Waals surface area contributed by atoms with Gasteiger partial charge in [0.1, 0.15) is 0 Å². The van der Waals surface area contributed by atoms with Crippen LogP contribution in [0.5, 0.6) is 0 Å². The van der Waals surface area contributed by atoms with Gasteiger partial charge in [0, 0.05) is 30.0 Å². The van der Waals surface area contributed by atoms with Crippen molar-refractivity contribution in [2.45, 2.75) is 32.3 Å². The number of ether oxygens (including phenoxy) is 1. The van der Waals surface area contributed by atoms with Crippen LogP contribution in [0.2, 0.25) is 0 Å². The summed E-state index contributed by atoms with van der Waals surface area (Å²) < 4.78 is 5.31. The maximum atomic E-state index is 11.9. The molecule has 0 aromatic carbocycles. The number of hydrogen-bond acceptors (Lipinski definition) is 4. The summed E-state index contributed by atoms with van der Waals surface area (Å²) in [5.74, 6) is -0.0728. The van der Waals surface area contributed by atoms with Gasteiger partial charge in [-0.15, -0.1) is 11.3 Å². The van der Waals surface area contributed by atoms with Crippen LogP contribution in [-0.2, 0) is 16.1 Å². The highest BCUT2D eigenvalue weighted by molar-refractivity contribution is 7.11. The minimum absolute atomic E-state index is 0.0378. The van der Waals surface area contributed by atoms with Crippen LogP contribution in [0.1, 0.15) is 36.1 Å². The largest absolute Gasteiger partial charge is 0.392 e. The van der Waals surface area contributed by atoms with Gasteiger partial charge in [0.2, 0.25) is 5.91 Å². The monoisotopic (exact) mass is 309 g/mol. The van der Waals surface area contributed by atoms with Crippen LogP contribution < -0.4 is 5.32 Å². The molecule has 2 N–H and O–H groups in total. The fourth-order valence-corrected chi connectivity index (χ4v) is 3.66. The molecule has 0 spiro atoms. The number of hydrogen-bond donors (Lipinski definition) is 2. The molecule has 1 saturated carbocycles. The lowest BCUT2D eigenvalue weighted by Gasteiger charge is -2.27. The smallest absolute Gasteiger partial charge is 0.244 e. The van der Waals surface area contributed by atoms with E-state index in [1.807, 2.05) is 11.4 Å². The van der Waals surface area contributed by atoms with Crippen molar-refractivity contribution in [1.82, 2.24) is 5.32 Å². The van der Waals surface area contributed by atoms with Gasteiger partial charge >= 0.3 is 0 Å². The first-order valence-electron chi connectivity index (χ1n) is 7.31. The molecule has 1 aliphatic carbocycles. The van der Waals surface area contributed by atoms with E-state index in [-0.39, 0.29) is 17.9 Å². The molecular weight excluding hydrogens is 286 g/mol. The van der Waals surface area contributed by atoms with Gasteiger partial charge in [-0.3, -0.25) is 4.79 Å². The summed E-state index contributed by atoms with van der Waals surface area (Å²) in [5, 5.41) is 13.9. The highest BCUT2D eigenvalue weighted by Gasteiger charge is 2.33. The van der Waals surface area contributed by atoms with Gasteiger partial charge < -0.3 is 15.2 Å². The Balaban J connectivity index is 1.83. The van der Waals surface area contributed by atoms with E-state index in [9.17, 15) is 4.79 Å². The van der Waals surface area contributed by atoms with Gasteiger partial charge in [0.15, 0.2) is 0 Å². The Kier molecular flexibility index (Phi) is 5.96. The lowest BCUT2D eigenvalue weighted by Crippen LogP contribution is -2.38. The summed E-state index contributed by atoms with van der Waals surface area (Å²) in [4.78, 5) is 12.9.